The number of anilines is 1. The molecule has 0 radical (unpaired) electrons. The summed E-state index contributed by atoms with van der Waals surface area (Å²) < 4.78 is 25.6. The smallest absolute Gasteiger partial charge is 0.260 e. The number of halogens is 2. The van der Waals surface area contributed by atoms with Gasteiger partial charge in [-0.2, -0.15) is 0 Å². The van der Waals surface area contributed by atoms with Crippen molar-refractivity contribution in [3.8, 4) is 0 Å². The Morgan fingerprint density at radius 2 is 1.70 bits per heavy atom. The molecule has 3 rings (SSSR count). The van der Waals surface area contributed by atoms with Crippen LogP contribution < -0.4 is 5.32 Å². The first kappa shape index (κ1) is 13.5. The van der Waals surface area contributed by atoms with Gasteiger partial charge in [0.1, 0.15) is 5.92 Å². The van der Waals surface area contributed by atoms with E-state index in [1.165, 1.54) is 37.7 Å². The van der Waals surface area contributed by atoms with E-state index in [1.54, 1.807) is 0 Å². The maximum Gasteiger partial charge on any atom is 0.260 e. The van der Waals surface area contributed by atoms with Crippen molar-refractivity contribution in [3.63, 3.8) is 0 Å². The molecule has 1 amide bonds. The predicted octanol–water partition coefficient (Wildman–Crippen LogP) is 4.33. The van der Waals surface area contributed by atoms with Gasteiger partial charge in [-0.05, 0) is 36.5 Å². The lowest BCUT2D eigenvalue weighted by molar-refractivity contribution is -0.119. The average Bonchev–Trinajstić information content (AvgIpc) is 3.10. The van der Waals surface area contributed by atoms with Crippen LogP contribution in [0.3, 0.4) is 0 Å². The number of carbonyl (C=O) groups excluding carboxylic acids is 1. The SMILES string of the molecule is O=C(Nc1ccc(C2CCCCC2)cc1)[C@H]1CC1(F)F. The lowest BCUT2D eigenvalue weighted by Gasteiger charge is -2.22. The number of rotatable bonds is 3. The van der Waals surface area contributed by atoms with E-state index < -0.39 is 17.7 Å². The third-order valence-corrected chi connectivity index (χ3v) is 4.40. The molecule has 1 aromatic carbocycles. The van der Waals surface area contributed by atoms with E-state index in [4.69, 9.17) is 0 Å². The van der Waals surface area contributed by atoms with E-state index in [-0.39, 0.29) is 6.42 Å². The fraction of sp³-hybridized carbons (Fsp3) is 0.562. The van der Waals surface area contributed by atoms with Crippen LogP contribution in [0.1, 0.15) is 50.0 Å². The molecule has 0 heterocycles. The van der Waals surface area contributed by atoms with Gasteiger partial charge in [0.05, 0.1) is 0 Å². The first-order chi connectivity index (χ1) is 9.56. The van der Waals surface area contributed by atoms with Crippen molar-refractivity contribution in [2.75, 3.05) is 5.32 Å². The van der Waals surface area contributed by atoms with Crippen molar-refractivity contribution in [1.29, 1.82) is 0 Å². The summed E-state index contributed by atoms with van der Waals surface area (Å²) >= 11 is 0. The van der Waals surface area contributed by atoms with Gasteiger partial charge in [-0.25, -0.2) is 8.78 Å². The molecule has 2 saturated carbocycles. The molecule has 0 spiro atoms. The normalized spacial score (nSPS) is 25.2. The Bertz CT molecular complexity index is 492. The Balaban J connectivity index is 1.60. The van der Waals surface area contributed by atoms with Crippen LogP contribution in [-0.2, 0) is 4.79 Å². The Morgan fingerprint density at radius 1 is 1.10 bits per heavy atom. The van der Waals surface area contributed by atoms with Crippen LogP contribution in [0.15, 0.2) is 24.3 Å². The van der Waals surface area contributed by atoms with E-state index in [1.807, 2.05) is 24.3 Å². The molecule has 20 heavy (non-hydrogen) atoms. The quantitative estimate of drug-likeness (QED) is 0.876. The largest absolute Gasteiger partial charge is 0.326 e. The van der Waals surface area contributed by atoms with E-state index >= 15 is 0 Å². The number of hydrogen-bond donors (Lipinski definition) is 1. The van der Waals surface area contributed by atoms with Crippen molar-refractivity contribution in [2.24, 2.45) is 5.92 Å². The first-order valence-electron chi connectivity index (χ1n) is 7.35. The van der Waals surface area contributed by atoms with E-state index in [9.17, 15) is 13.6 Å². The second kappa shape index (κ2) is 5.15. The van der Waals surface area contributed by atoms with Crippen molar-refractivity contribution >= 4 is 11.6 Å². The van der Waals surface area contributed by atoms with Crippen LogP contribution in [0.4, 0.5) is 14.5 Å². The zero-order valence-corrected chi connectivity index (χ0v) is 11.4. The molecule has 108 valence electrons. The van der Waals surface area contributed by atoms with Crippen LogP contribution in [0.2, 0.25) is 0 Å². The molecule has 1 N–H and O–H groups in total. The number of carbonyl (C=O) groups is 1. The lowest BCUT2D eigenvalue weighted by atomic mass is 9.84. The highest BCUT2D eigenvalue weighted by Crippen LogP contribution is 2.49. The van der Waals surface area contributed by atoms with Crippen LogP contribution in [0.5, 0.6) is 0 Å². The van der Waals surface area contributed by atoms with Crippen LogP contribution in [-0.4, -0.2) is 11.8 Å². The Labute approximate surface area is 117 Å². The van der Waals surface area contributed by atoms with Gasteiger partial charge in [0.25, 0.3) is 5.92 Å². The molecule has 0 saturated heterocycles. The van der Waals surface area contributed by atoms with Crippen molar-refractivity contribution in [2.45, 2.75) is 50.4 Å². The maximum absolute atomic E-state index is 12.8. The highest BCUT2D eigenvalue weighted by molar-refractivity contribution is 5.95. The zero-order chi connectivity index (χ0) is 14.2. The summed E-state index contributed by atoms with van der Waals surface area (Å²) in [7, 11) is 0. The van der Waals surface area contributed by atoms with Gasteiger partial charge in [0.2, 0.25) is 5.91 Å². The summed E-state index contributed by atoms with van der Waals surface area (Å²) in [6.45, 7) is 0. The van der Waals surface area contributed by atoms with Crippen molar-refractivity contribution in [3.05, 3.63) is 29.8 Å². The first-order valence-corrected chi connectivity index (χ1v) is 7.35. The van der Waals surface area contributed by atoms with Gasteiger partial charge in [-0.1, -0.05) is 31.4 Å². The Hall–Kier alpha value is -1.45. The monoisotopic (exact) mass is 279 g/mol. The second-order valence-corrected chi connectivity index (χ2v) is 5.96. The standard InChI is InChI=1S/C16H19F2NO/c17-16(18)10-14(16)15(20)19-13-8-6-12(7-9-13)11-4-2-1-3-5-11/h6-9,11,14H,1-5,10H2,(H,19,20)/t14-/m1/s1. The molecule has 2 nitrogen and oxygen atoms in total. The molecular formula is C16H19F2NO. The fourth-order valence-corrected chi connectivity index (χ4v) is 3.00. The van der Waals surface area contributed by atoms with E-state index in [0.717, 1.165) is 0 Å². The minimum absolute atomic E-state index is 0.320. The molecular weight excluding hydrogens is 260 g/mol. The summed E-state index contributed by atoms with van der Waals surface area (Å²) in [6.07, 6.45) is 6.00. The van der Waals surface area contributed by atoms with Gasteiger partial charge in [0.15, 0.2) is 0 Å². The molecule has 0 unspecified atom stereocenters. The minimum Gasteiger partial charge on any atom is -0.326 e. The number of benzene rings is 1. The van der Waals surface area contributed by atoms with Gasteiger partial charge in [0, 0.05) is 12.1 Å². The van der Waals surface area contributed by atoms with Crippen LogP contribution >= 0.6 is 0 Å². The fourth-order valence-electron chi connectivity index (χ4n) is 3.00. The molecule has 2 aliphatic carbocycles. The molecule has 2 aliphatic rings. The van der Waals surface area contributed by atoms with Crippen molar-refractivity contribution < 1.29 is 13.6 Å². The van der Waals surface area contributed by atoms with Gasteiger partial charge in [-0.15, -0.1) is 0 Å². The Kier molecular flexibility index (Phi) is 3.48. The molecule has 0 aromatic heterocycles. The number of hydrogen-bond acceptors (Lipinski definition) is 1. The molecule has 0 aliphatic heterocycles. The molecule has 2 fully saturated rings. The van der Waals surface area contributed by atoms with Gasteiger partial charge < -0.3 is 5.32 Å². The molecule has 1 aromatic rings. The predicted molar refractivity (Wildman–Crippen MR) is 74.0 cm³/mol. The third-order valence-electron chi connectivity index (χ3n) is 4.40. The van der Waals surface area contributed by atoms with Gasteiger partial charge >= 0.3 is 0 Å². The van der Waals surface area contributed by atoms with E-state index in [2.05, 4.69) is 5.32 Å². The summed E-state index contributed by atoms with van der Waals surface area (Å²) in [5.74, 6) is -3.89. The van der Waals surface area contributed by atoms with Crippen LogP contribution in [0, 0.1) is 5.92 Å². The lowest BCUT2D eigenvalue weighted by Crippen LogP contribution is -2.17. The second-order valence-electron chi connectivity index (χ2n) is 5.96. The zero-order valence-electron chi connectivity index (χ0n) is 11.4. The third kappa shape index (κ3) is 2.84. The number of nitrogens with one attached hydrogen (secondary N) is 1. The highest BCUT2D eigenvalue weighted by Gasteiger charge is 2.61. The Morgan fingerprint density at radius 3 is 2.25 bits per heavy atom. The molecule has 4 heteroatoms. The maximum atomic E-state index is 12.8. The summed E-state index contributed by atoms with van der Waals surface area (Å²) in [4.78, 5) is 11.6. The van der Waals surface area contributed by atoms with E-state index in [0.29, 0.717) is 11.6 Å². The van der Waals surface area contributed by atoms with Crippen LogP contribution in [0.25, 0.3) is 0 Å². The average molecular weight is 279 g/mol. The topological polar surface area (TPSA) is 29.1 Å². The van der Waals surface area contributed by atoms with Crippen molar-refractivity contribution in [1.82, 2.24) is 0 Å². The summed E-state index contributed by atoms with van der Waals surface area (Å²) in [5.41, 5.74) is 1.90. The minimum atomic E-state index is -2.80. The highest BCUT2D eigenvalue weighted by atomic mass is 19.3. The summed E-state index contributed by atoms with van der Waals surface area (Å²) in [6, 6.07) is 7.66. The summed E-state index contributed by atoms with van der Waals surface area (Å²) in [5, 5.41) is 2.57. The van der Waals surface area contributed by atoms with Gasteiger partial charge in [-0.3, -0.25) is 4.79 Å². The number of alkyl halides is 2. The number of amides is 1. The molecule has 0 bridgehead atoms. The molecule has 1 atom stereocenters.